The van der Waals surface area contributed by atoms with Gasteiger partial charge in [-0.3, -0.25) is 4.79 Å². The number of hydrogen-bond donors (Lipinski definition) is 0. The van der Waals surface area contributed by atoms with E-state index in [0.29, 0.717) is 6.42 Å². The van der Waals surface area contributed by atoms with Crippen LogP contribution in [0, 0.1) is 24.2 Å². The molecule has 1 aromatic carbocycles. The molecule has 1 aliphatic heterocycles. The van der Waals surface area contributed by atoms with E-state index >= 15 is 0 Å². The minimum Gasteiger partial charge on any atom is -0.342 e. The van der Waals surface area contributed by atoms with Crippen molar-refractivity contribution >= 4 is 5.91 Å². The van der Waals surface area contributed by atoms with Crippen LogP contribution in [0.1, 0.15) is 24.0 Å². The molecule has 94 valence electrons. The van der Waals surface area contributed by atoms with Gasteiger partial charge in [0.2, 0.25) is 5.91 Å². The molecule has 0 aromatic heterocycles. The third-order valence-electron chi connectivity index (χ3n) is 3.47. The molecule has 0 bridgehead atoms. The molecular weight excluding hydrogens is 224 g/mol. The molecule has 1 aromatic rings. The lowest BCUT2D eigenvalue weighted by Crippen LogP contribution is -2.39. The number of piperidine rings is 1. The molecule has 1 saturated heterocycles. The maximum absolute atomic E-state index is 12.1. The summed E-state index contributed by atoms with van der Waals surface area (Å²) in [6.45, 7) is 3.48. The van der Waals surface area contributed by atoms with E-state index in [9.17, 15) is 4.79 Å². The fourth-order valence-electron chi connectivity index (χ4n) is 2.37. The first-order valence-corrected chi connectivity index (χ1v) is 6.42. The number of carbonyl (C=O) groups excluding carboxylic acids is 1. The normalized spacial score (nSPS) is 16.3. The van der Waals surface area contributed by atoms with Crippen LogP contribution in [0.25, 0.3) is 0 Å². The van der Waals surface area contributed by atoms with Crippen molar-refractivity contribution in [1.82, 2.24) is 4.90 Å². The summed E-state index contributed by atoms with van der Waals surface area (Å²) in [4.78, 5) is 14.0. The SMILES string of the molecule is Cc1cccc(CC(=O)N2CCC(C#N)CC2)c1. The summed E-state index contributed by atoms with van der Waals surface area (Å²) >= 11 is 0. The van der Waals surface area contributed by atoms with Crippen molar-refractivity contribution < 1.29 is 4.79 Å². The highest BCUT2D eigenvalue weighted by Crippen LogP contribution is 2.17. The van der Waals surface area contributed by atoms with Gasteiger partial charge in [0, 0.05) is 19.0 Å². The summed E-state index contributed by atoms with van der Waals surface area (Å²) in [5.41, 5.74) is 2.26. The van der Waals surface area contributed by atoms with Gasteiger partial charge < -0.3 is 4.90 Å². The zero-order chi connectivity index (χ0) is 13.0. The molecule has 1 fully saturated rings. The van der Waals surface area contributed by atoms with E-state index in [1.165, 1.54) is 5.56 Å². The Bertz CT molecular complexity index is 468. The first-order chi connectivity index (χ1) is 8.69. The Balaban J connectivity index is 1.91. The first-order valence-electron chi connectivity index (χ1n) is 6.42. The summed E-state index contributed by atoms with van der Waals surface area (Å²) < 4.78 is 0. The van der Waals surface area contributed by atoms with E-state index < -0.39 is 0 Å². The van der Waals surface area contributed by atoms with Crippen molar-refractivity contribution in [3.8, 4) is 6.07 Å². The van der Waals surface area contributed by atoms with Crippen LogP contribution in [-0.2, 0) is 11.2 Å². The van der Waals surface area contributed by atoms with Crippen LogP contribution < -0.4 is 0 Å². The fourth-order valence-corrected chi connectivity index (χ4v) is 2.37. The average molecular weight is 242 g/mol. The Kier molecular flexibility index (Phi) is 3.99. The average Bonchev–Trinajstić information content (AvgIpc) is 2.39. The van der Waals surface area contributed by atoms with Gasteiger partial charge in [-0.1, -0.05) is 29.8 Å². The minimum atomic E-state index is 0.132. The number of nitrogens with zero attached hydrogens (tertiary/aromatic N) is 2. The Hall–Kier alpha value is -1.82. The Morgan fingerprint density at radius 2 is 2.17 bits per heavy atom. The van der Waals surface area contributed by atoms with Gasteiger partial charge in [0.05, 0.1) is 12.5 Å². The molecular formula is C15H18N2O. The highest BCUT2D eigenvalue weighted by atomic mass is 16.2. The van der Waals surface area contributed by atoms with Gasteiger partial charge >= 0.3 is 0 Å². The van der Waals surface area contributed by atoms with Crippen molar-refractivity contribution in [2.75, 3.05) is 13.1 Å². The number of nitriles is 1. The van der Waals surface area contributed by atoms with Crippen LogP contribution in [-0.4, -0.2) is 23.9 Å². The summed E-state index contributed by atoms with van der Waals surface area (Å²) in [6, 6.07) is 10.4. The lowest BCUT2D eigenvalue weighted by molar-refractivity contribution is -0.131. The highest BCUT2D eigenvalue weighted by Gasteiger charge is 2.22. The first kappa shape index (κ1) is 12.6. The number of amides is 1. The molecule has 1 heterocycles. The Morgan fingerprint density at radius 3 is 2.78 bits per heavy atom. The molecule has 18 heavy (non-hydrogen) atoms. The summed E-state index contributed by atoms with van der Waals surface area (Å²) in [5, 5.41) is 8.83. The van der Waals surface area contributed by atoms with Gasteiger partial charge in [-0.05, 0) is 25.3 Å². The van der Waals surface area contributed by atoms with Gasteiger partial charge in [-0.2, -0.15) is 5.26 Å². The standard InChI is InChI=1S/C15H18N2O/c1-12-3-2-4-14(9-12)10-15(18)17-7-5-13(11-16)6-8-17/h2-4,9,13H,5-8,10H2,1H3. The molecule has 1 amide bonds. The molecule has 0 atom stereocenters. The smallest absolute Gasteiger partial charge is 0.226 e. The van der Waals surface area contributed by atoms with Gasteiger partial charge in [0.15, 0.2) is 0 Å². The lowest BCUT2D eigenvalue weighted by Gasteiger charge is -2.29. The van der Waals surface area contributed by atoms with Crippen LogP contribution >= 0.6 is 0 Å². The lowest BCUT2D eigenvalue weighted by atomic mass is 9.98. The van der Waals surface area contributed by atoms with E-state index in [0.717, 1.165) is 31.5 Å². The number of aryl methyl sites for hydroxylation is 1. The molecule has 0 N–H and O–H groups in total. The number of hydrogen-bond acceptors (Lipinski definition) is 2. The molecule has 0 saturated carbocycles. The molecule has 0 spiro atoms. The van der Waals surface area contributed by atoms with Gasteiger partial charge in [-0.15, -0.1) is 0 Å². The highest BCUT2D eigenvalue weighted by molar-refractivity contribution is 5.78. The van der Waals surface area contributed by atoms with Crippen molar-refractivity contribution in [2.24, 2.45) is 5.92 Å². The number of likely N-dealkylation sites (tertiary alicyclic amines) is 1. The maximum Gasteiger partial charge on any atom is 0.226 e. The van der Waals surface area contributed by atoms with E-state index in [-0.39, 0.29) is 11.8 Å². The van der Waals surface area contributed by atoms with E-state index in [1.807, 2.05) is 30.0 Å². The quantitative estimate of drug-likeness (QED) is 0.798. The predicted molar refractivity (Wildman–Crippen MR) is 69.8 cm³/mol. The third-order valence-corrected chi connectivity index (χ3v) is 3.47. The Labute approximate surface area is 108 Å². The largest absolute Gasteiger partial charge is 0.342 e. The summed E-state index contributed by atoms with van der Waals surface area (Å²) in [6.07, 6.45) is 2.10. The van der Waals surface area contributed by atoms with Crippen LogP contribution in [0.15, 0.2) is 24.3 Å². The van der Waals surface area contributed by atoms with Crippen molar-refractivity contribution in [3.63, 3.8) is 0 Å². The van der Waals surface area contributed by atoms with Crippen LogP contribution in [0.3, 0.4) is 0 Å². The molecule has 3 nitrogen and oxygen atoms in total. The van der Waals surface area contributed by atoms with Gasteiger partial charge in [0.25, 0.3) is 0 Å². The third kappa shape index (κ3) is 3.10. The zero-order valence-electron chi connectivity index (χ0n) is 10.7. The van der Waals surface area contributed by atoms with E-state index in [4.69, 9.17) is 5.26 Å². The monoisotopic (exact) mass is 242 g/mol. The topological polar surface area (TPSA) is 44.1 Å². The van der Waals surface area contributed by atoms with Crippen LogP contribution in [0.4, 0.5) is 0 Å². The maximum atomic E-state index is 12.1. The van der Waals surface area contributed by atoms with Crippen LogP contribution in [0.2, 0.25) is 0 Å². The minimum absolute atomic E-state index is 0.132. The summed E-state index contributed by atoms with van der Waals surface area (Å²) in [7, 11) is 0. The molecule has 2 rings (SSSR count). The Morgan fingerprint density at radius 1 is 1.44 bits per heavy atom. The van der Waals surface area contributed by atoms with Crippen molar-refractivity contribution in [1.29, 1.82) is 5.26 Å². The number of benzene rings is 1. The second kappa shape index (κ2) is 5.68. The number of carbonyl (C=O) groups is 1. The molecule has 0 aliphatic carbocycles. The molecule has 1 aliphatic rings. The van der Waals surface area contributed by atoms with Gasteiger partial charge in [-0.25, -0.2) is 0 Å². The van der Waals surface area contributed by atoms with E-state index in [1.54, 1.807) is 0 Å². The fraction of sp³-hybridized carbons (Fsp3) is 0.467. The van der Waals surface area contributed by atoms with E-state index in [2.05, 4.69) is 12.1 Å². The second-order valence-corrected chi connectivity index (χ2v) is 4.95. The van der Waals surface area contributed by atoms with Gasteiger partial charge in [0.1, 0.15) is 0 Å². The molecule has 0 unspecified atom stereocenters. The second-order valence-electron chi connectivity index (χ2n) is 4.95. The molecule has 3 heteroatoms. The predicted octanol–water partition coefficient (Wildman–Crippen LogP) is 2.30. The number of rotatable bonds is 2. The summed E-state index contributed by atoms with van der Waals surface area (Å²) in [5.74, 6) is 0.310. The van der Waals surface area contributed by atoms with Crippen molar-refractivity contribution in [3.05, 3.63) is 35.4 Å². The molecule has 0 radical (unpaired) electrons. The zero-order valence-corrected chi connectivity index (χ0v) is 10.7. The van der Waals surface area contributed by atoms with Crippen LogP contribution in [0.5, 0.6) is 0 Å². The van der Waals surface area contributed by atoms with Crippen molar-refractivity contribution in [2.45, 2.75) is 26.2 Å².